The minimum atomic E-state index is -0.273. The number of rotatable bonds is 4. The molecule has 1 aliphatic heterocycles. The molecule has 21 heavy (non-hydrogen) atoms. The maximum absolute atomic E-state index is 12.5. The first-order chi connectivity index (χ1) is 10.1. The van der Waals surface area contributed by atoms with Gasteiger partial charge in [-0.2, -0.15) is 0 Å². The fourth-order valence-corrected chi connectivity index (χ4v) is 2.70. The van der Waals surface area contributed by atoms with E-state index in [2.05, 4.69) is 5.32 Å². The average molecular weight is 288 g/mol. The highest BCUT2D eigenvalue weighted by atomic mass is 16.2. The third-order valence-corrected chi connectivity index (χ3v) is 3.94. The number of carbonyl (C=O) groups excluding carboxylic acids is 2. The predicted molar refractivity (Wildman–Crippen MR) is 84.6 cm³/mol. The molecule has 1 saturated heterocycles. The lowest BCUT2D eigenvalue weighted by molar-refractivity contribution is -0.131. The van der Waals surface area contributed by atoms with Crippen LogP contribution in [0.25, 0.3) is 0 Å². The van der Waals surface area contributed by atoms with Gasteiger partial charge in [-0.15, -0.1) is 0 Å². The first-order valence-electron chi connectivity index (χ1n) is 7.74. The highest BCUT2D eigenvalue weighted by molar-refractivity contribution is 5.95. The molecule has 0 aliphatic carbocycles. The number of anilines is 1. The molecule has 4 heteroatoms. The molecule has 0 bridgehead atoms. The largest absolute Gasteiger partial charge is 0.374 e. The van der Waals surface area contributed by atoms with Crippen molar-refractivity contribution in [3.8, 4) is 0 Å². The van der Waals surface area contributed by atoms with Gasteiger partial charge in [0, 0.05) is 24.3 Å². The van der Waals surface area contributed by atoms with Gasteiger partial charge in [0.15, 0.2) is 5.78 Å². The third-order valence-electron chi connectivity index (χ3n) is 3.94. The number of benzene rings is 1. The van der Waals surface area contributed by atoms with E-state index >= 15 is 0 Å². The Bertz CT molecular complexity index is 505. The van der Waals surface area contributed by atoms with Gasteiger partial charge in [-0.1, -0.05) is 25.0 Å². The molecule has 1 unspecified atom stereocenters. The zero-order valence-electron chi connectivity index (χ0n) is 12.9. The fourth-order valence-electron chi connectivity index (χ4n) is 2.70. The zero-order valence-corrected chi connectivity index (χ0v) is 12.9. The molecule has 0 aromatic heterocycles. The molecule has 0 spiro atoms. The zero-order chi connectivity index (χ0) is 15.2. The predicted octanol–water partition coefficient (Wildman–Crippen LogP) is 3.09. The highest BCUT2D eigenvalue weighted by Crippen LogP contribution is 2.15. The van der Waals surface area contributed by atoms with Gasteiger partial charge in [-0.25, -0.2) is 0 Å². The number of nitrogens with zero attached hydrogens (tertiary/aromatic N) is 1. The molecule has 1 N–H and O–H groups in total. The Hall–Kier alpha value is -1.84. The lowest BCUT2D eigenvalue weighted by Gasteiger charge is -2.25. The van der Waals surface area contributed by atoms with Crippen molar-refractivity contribution < 1.29 is 9.59 Å². The Kier molecular flexibility index (Phi) is 5.37. The maximum Gasteiger partial charge on any atom is 0.244 e. The summed E-state index contributed by atoms with van der Waals surface area (Å²) in [6, 6.07) is 7.04. The van der Waals surface area contributed by atoms with Crippen molar-refractivity contribution >= 4 is 17.4 Å². The highest BCUT2D eigenvalue weighted by Gasteiger charge is 2.21. The van der Waals surface area contributed by atoms with Crippen molar-refractivity contribution in [2.75, 3.05) is 18.4 Å². The summed E-state index contributed by atoms with van der Waals surface area (Å²) in [4.78, 5) is 25.8. The van der Waals surface area contributed by atoms with Gasteiger partial charge in [0.05, 0.1) is 0 Å². The van der Waals surface area contributed by atoms with Gasteiger partial charge in [-0.3, -0.25) is 9.59 Å². The van der Waals surface area contributed by atoms with Crippen LogP contribution in [-0.2, 0) is 4.79 Å². The van der Waals surface area contributed by atoms with Crippen LogP contribution in [0.5, 0.6) is 0 Å². The Balaban J connectivity index is 1.99. The Morgan fingerprint density at radius 3 is 2.43 bits per heavy atom. The molecular formula is C17H24N2O2. The minimum Gasteiger partial charge on any atom is -0.374 e. The molecular weight excluding hydrogens is 264 g/mol. The Morgan fingerprint density at radius 2 is 1.81 bits per heavy atom. The smallest absolute Gasteiger partial charge is 0.244 e. The summed E-state index contributed by atoms with van der Waals surface area (Å²) >= 11 is 0. The number of amides is 1. The summed E-state index contributed by atoms with van der Waals surface area (Å²) < 4.78 is 0. The van der Waals surface area contributed by atoms with Crippen LogP contribution in [0.2, 0.25) is 0 Å². The third kappa shape index (κ3) is 4.31. The van der Waals surface area contributed by atoms with Crippen LogP contribution in [-0.4, -0.2) is 35.7 Å². The molecule has 1 amide bonds. The lowest BCUT2D eigenvalue weighted by atomic mass is 10.1. The number of likely N-dealkylation sites (tertiary alicyclic amines) is 1. The summed E-state index contributed by atoms with van der Waals surface area (Å²) in [5.41, 5.74) is 1.48. The Morgan fingerprint density at radius 1 is 1.14 bits per heavy atom. The number of Topliss-reactive ketones (excluding diaryl/α,β-unsaturated/α-hetero) is 1. The molecule has 4 nitrogen and oxygen atoms in total. The van der Waals surface area contributed by atoms with Gasteiger partial charge < -0.3 is 10.2 Å². The van der Waals surface area contributed by atoms with Crippen molar-refractivity contribution in [2.24, 2.45) is 0 Å². The van der Waals surface area contributed by atoms with E-state index in [1.165, 1.54) is 12.8 Å². The standard InChI is InChI=1S/C17H24N2O2/c1-13(17(21)19-10-5-3-4-6-11-19)18-16-9-7-8-15(12-16)14(2)20/h7-9,12-13,18H,3-6,10-11H2,1-2H3. The van der Waals surface area contributed by atoms with Crippen molar-refractivity contribution in [2.45, 2.75) is 45.6 Å². The second-order valence-electron chi connectivity index (χ2n) is 5.74. The van der Waals surface area contributed by atoms with Crippen LogP contribution in [0.3, 0.4) is 0 Å². The first kappa shape index (κ1) is 15.5. The fraction of sp³-hybridized carbons (Fsp3) is 0.529. The Labute approximate surface area is 126 Å². The minimum absolute atomic E-state index is 0.0325. The van der Waals surface area contributed by atoms with Crippen LogP contribution in [0.15, 0.2) is 24.3 Å². The number of hydrogen-bond acceptors (Lipinski definition) is 3. The molecule has 0 radical (unpaired) electrons. The number of carbonyl (C=O) groups is 2. The van der Waals surface area contributed by atoms with E-state index in [4.69, 9.17) is 0 Å². The van der Waals surface area contributed by atoms with Crippen LogP contribution < -0.4 is 5.32 Å². The van der Waals surface area contributed by atoms with Crippen LogP contribution >= 0.6 is 0 Å². The SMILES string of the molecule is CC(=O)c1cccc(NC(C)C(=O)N2CCCCCC2)c1. The molecule has 1 heterocycles. The van der Waals surface area contributed by atoms with Gasteiger partial charge in [0.1, 0.15) is 6.04 Å². The quantitative estimate of drug-likeness (QED) is 0.866. The molecule has 114 valence electrons. The lowest BCUT2D eigenvalue weighted by Crippen LogP contribution is -2.41. The van der Waals surface area contributed by atoms with E-state index in [0.29, 0.717) is 5.56 Å². The molecule has 1 fully saturated rings. The monoisotopic (exact) mass is 288 g/mol. The number of hydrogen-bond donors (Lipinski definition) is 1. The molecule has 1 aromatic carbocycles. The summed E-state index contributed by atoms with van der Waals surface area (Å²) in [5, 5.41) is 3.21. The van der Waals surface area contributed by atoms with Crippen molar-refractivity contribution in [3.05, 3.63) is 29.8 Å². The van der Waals surface area contributed by atoms with E-state index in [1.807, 2.05) is 24.0 Å². The van der Waals surface area contributed by atoms with E-state index < -0.39 is 0 Å². The van der Waals surface area contributed by atoms with Crippen LogP contribution in [0, 0.1) is 0 Å². The van der Waals surface area contributed by atoms with Crippen molar-refractivity contribution in [3.63, 3.8) is 0 Å². The second kappa shape index (κ2) is 7.25. The second-order valence-corrected chi connectivity index (χ2v) is 5.74. The van der Waals surface area contributed by atoms with E-state index in [0.717, 1.165) is 31.6 Å². The van der Waals surface area contributed by atoms with Gasteiger partial charge in [0.2, 0.25) is 5.91 Å². The summed E-state index contributed by atoms with van der Waals surface area (Å²) in [6.45, 7) is 5.15. The topological polar surface area (TPSA) is 49.4 Å². The summed E-state index contributed by atoms with van der Waals surface area (Å²) in [7, 11) is 0. The molecule has 1 aromatic rings. The summed E-state index contributed by atoms with van der Waals surface area (Å²) in [5.74, 6) is 0.176. The van der Waals surface area contributed by atoms with E-state index in [1.54, 1.807) is 19.1 Å². The van der Waals surface area contributed by atoms with Gasteiger partial charge >= 0.3 is 0 Å². The van der Waals surface area contributed by atoms with Crippen LogP contribution in [0.1, 0.15) is 49.9 Å². The van der Waals surface area contributed by atoms with E-state index in [-0.39, 0.29) is 17.7 Å². The summed E-state index contributed by atoms with van der Waals surface area (Å²) in [6.07, 6.45) is 4.62. The molecule has 1 atom stereocenters. The molecule has 2 rings (SSSR count). The first-order valence-corrected chi connectivity index (χ1v) is 7.74. The maximum atomic E-state index is 12.5. The normalized spacial score (nSPS) is 17.0. The number of ketones is 1. The van der Waals surface area contributed by atoms with Gasteiger partial charge in [-0.05, 0) is 38.8 Å². The van der Waals surface area contributed by atoms with Crippen LogP contribution in [0.4, 0.5) is 5.69 Å². The van der Waals surface area contributed by atoms with Crippen molar-refractivity contribution in [1.82, 2.24) is 4.90 Å². The van der Waals surface area contributed by atoms with Crippen molar-refractivity contribution in [1.29, 1.82) is 0 Å². The average Bonchev–Trinajstić information content (AvgIpc) is 2.75. The van der Waals surface area contributed by atoms with Gasteiger partial charge in [0.25, 0.3) is 0 Å². The molecule has 0 saturated carbocycles. The molecule has 1 aliphatic rings. The number of nitrogens with one attached hydrogen (secondary N) is 1. The van der Waals surface area contributed by atoms with E-state index in [9.17, 15) is 9.59 Å².